The summed E-state index contributed by atoms with van der Waals surface area (Å²) in [7, 11) is 1.55. The molecule has 0 N–H and O–H groups in total. The van der Waals surface area contributed by atoms with Crippen molar-refractivity contribution in [2.45, 2.75) is 13.1 Å². The fourth-order valence-electron chi connectivity index (χ4n) is 1.60. The Morgan fingerprint density at radius 2 is 1.94 bits per heavy atom. The zero-order valence-corrected chi connectivity index (χ0v) is 11.3. The molecule has 18 heavy (non-hydrogen) atoms. The molecule has 1 heterocycles. The third kappa shape index (κ3) is 2.43. The van der Waals surface area contributed by atoms with Crippen LogP contribution in [0, 0.1) is 6.92 Å². The molecular weight excluding hydrogens is 309 g/mol. The molecule has 2 rings (SSSR count). The Kier molecular flexibility index (Phi) is 3.23. The molecule has 0 spiro atoms. The number of alkyl halides is 3. The predicted molar refractivity (Wildman–Crippen MR) is 66.1 cm³/mol. The van der Waals surface area contributed by atoms with Crippen LogP contribution in [0.3, 0.4) is 0 Å². The van der Waals surface area contributed by atoms with E-state index >= 15 is 0 Å². The Labute approximate surface area is 111 Å². The van der Waals surface area contributed by atoms with Crippen LogP contribution >= 0.6 is 15.9 Å². The van der Waals surface area contributed by atoms with Crippen LogP contribution in [0.25, 0.3) is 11.4 Å². The van der Waals surface area contributed by atoms with Crippen molar-refractivity contribution in [2.75, 3.05) is 0 Å². The van der Waals surface area contributed by atoms with Crippen molar-refractivity contribution in [1.29, 1.82) is 0 Å². The Morgan fingerprint density at radius 1 is 1.28 bits per heavy atom. The Hall–Kier alpha value is -1.30. The third-order valence-electron chi connectivity index (χ3n) is 2.60. The summed E-state index contributed by atoms with van der Waals surface area (Å²) in [6.07, 6.45) is -3.43. The summed E-state index contributed by atoms with van der Waals surface area (Å²) in [6.45, 7) is 1.91. The molecular formula is C12H10BrF3N2. The SMILES string of the molecule is Cc1ccc(-c2nc(C(F)(F)F)cn2C)cc1Br. The third-order valence-corrected chi connectivity index (χ3v) is 3.45. The van der Waals surface area contributed by atoms with E-state index in [1.807, 2.05) is 13.0 Å². The van der Waals surface area contributed by atoms with Gasteiger partial charge in [-0.25, -0.2) is 4.98 Å². The van der Waals surface area contributed by atoms with Gasteiger partial charge in [0.25, 0.3) is 0 Å². The lowest BCUT2D eigenvalue weighted by molar-refractivity contribution is -0.140. The summed E-state index contributed by atoms with van der Waals surface area (Å²) in [5, 5.41) is 0. The van der Waals surface area contributed by atoms with Crippen molar-refractivity contribution in [3.8, 4) is 11.4 Å². The van der Waals surface area contributed by atoms with Crippen LogP contribution in [0.15, 0.2) is 28.9 Å². The molecule has 2 aromatic rings. The lowest BCUT2D eigenvalue weighted by Crippen LogP contribution is -2.04. The molecule has 0 radical (unpaired) electrons. The van der Waals surface area contributed by atoms with E-state index in [1.54, 1.807) is 19.2 Å². The first kappa shape index (κ1) is 13.1. The van der Waals surface area contributed by atoms with Crippen molar-refractivity contribution in [1.82, 2.24) is 9.55 Å². The van der Waals surface area contributed by atoms with E-state index in [-0.39, 0.29) is 0 Å². The lowest BCUT2D eigenvalue weighted by atomic mass is 10.1. The van der Waals surface area contributed by atoms with Gasteiger partial charge in [0.2, 0.25) is 0 Å². The molecule has 0 aliphatic heterocycles. The van der Waals surface area contributed by atoms with Gasteiger partial charge in [-0.2, -0.15) is 13.2 Å². The average Bonchev–Trinajstić information content (AvgIpc) is 2.64. The summed E-state index contributed by atoms with van der Waals surface area (Å²) in [5.41, 5.74) is 0.783. The summed E-state index contributed by atoms with van der Waals surface area (Å²) < 4.78 is 39.9. The highest BCUT2D eigenvalue weighted by Gasteiger charge is 2.34. The molecule has 6 heteroatoms. The maximum Gasteiger partial charge on any atom is 0.434 e. The largest absolute Gasteiger partial charge is 0.434 e. The van der Waals surface area contributed by atoms with Gasteiger partial charge in [0.1, 0.15) is 5.82 Å². The number of aryl methyl sites for hydroxylation is 2. The molecule has 0 fully saturated rings. The first-order chi connectivity index (χ1) is 8.29. The van der Waals surface area contributed by atoms with E-state index in [0.29, 0.717) is 11.4 Å². The highest BCUT2D eigenvalue weighted by molar-refractivity contribution is 9.10. The van der Waals surface area contributed by atoms with Crippen LogP contribution < -0.4 is 0 Å². The number of benzene rings is 1. The molecule has 0 aliphatic carbocycles. The summed E-state index contributed by atoms with van der Waals surface area (Å²) in [5.74, 6) is 0.294. The van der Waals surface area contributed by atoms with Crippen molar-refractivity contribution < 1.29 is 13.2 Å². The Morgan fingerprint density at radius 3 is 2.44 bits per heavy atom. The van der Waals surface area contributed by atoms with Gasteiger partial charge in [-0.05, 0) is 18.6 Å². The molecule has 1 aromatic heterocycles. The van der Waals surface area contributed by atoms with Gasteiger partial charge in [0.05, 0.1) is 0 Å². The molecule has 96 valence electrons. The molecule has 0 atom stereocenters. The molecule has 0 amide bonds. The van der Waals surface area contributed by atoms with Crippen LogP contribution in [0.2, 0.25) is 0 Å². The van der Waals surface area contributed by atoms with Gasteiger partial charge in [0.15, 0.2) is 5.69 Å². The molecule has 2 nitrogen and oxygen atoms in total. The van der Waals surface area contributed by atoms with Crippen LogP contribution in [-0.2, 0) is 13.2 Å². The second kappa shape index (κ2) is 4.42. The summed E-state index contributed by atoms with van der Waals surface area (Å²) in [6, 6.07) is 5.35. The normalized spacial score (nSPS) is 11.9. The van der Waals surface area contributed by atoms with Crippen molar-refractivity contribution in [3.63, 3.8) is 0 Å². The highest BCUT2D eigenvalue weighted by atomic mass is 79.9. The minimum atomic E-state index is -4.42. The van der Waals surface area contributed by atoms with E-state index in [2.05, 4.69) is 20.9 Å². The quantitative estimate of drug-likeness (QED) is 0.771. The molecule has 1 aromatic carbocycles. The van der Waals surface area contributed by atoms with Gasteiger partial charge in [-0.15, -0.1) is 0 Å². The fourth-order valence-corrected chi connectivity index (χ4v) is 1.98. The van der Waals surface area contributed by atoms with Gasteiger partial charge in [0, 0.05) is 23.3 Å². The number of nitrogens with zero attached hydrogens (tertiary/aromatic N) is 2. The van der Waals surface area contributed by atoms with Crippen LogP contribution in [0.4, 0.5) is 13.2 Å². The van der Waals surface area contributed by atoms with E-state index in [4.69, 9.17) is 0 Å². The van der Waals surface area contributed by atoms with E-state index in [9.17, 15) is 13.2 Å². The number of hydrogen-bond acceptors (Lipinski definition) is 1. The molecule has 0 bridgehead atoms. The molecule has 0 unspecified atom stereocenters. The zero-order valence-electron chi connectivity index (χ0n) is 9.72. The van der Waals surface area contributed by atoms with Crippen molar-refractivity contribution in [3.05, 3.63) is 40.1 Å². The minimum absolute atomic E-state index is 0.294. The smallest absolute Gasteiger partial charge is 0.333 e. The van der Waals surface area contributed by atoms with Crippen LogP contribution in [0.5, 0.6) is 0 Å². The van der Waals surface area contributed by atoms with Gasteiger partial charge < -0.3 is 4.57 Å². The second-order valence-corrected chi connectivity index (χ2v) is 4.88. The van der Waals surface area contributed by atoms with E-state index < -0.39 is 11.9 Å². The summed E-state index contributed by atoms with van der Waals surface area (Å²) >= 11 is 3.35. The highest BCUT2D eigenvalue weighted by Crippen LogP contribution is 2.31. The molecule has 0 saturated carbocycles. The van der Waals surface area contributed by atoms with Crippen molar-refractivity contribution >= 4 is 15.9 Å². The van der Waals surface area contributed by atoms with E-state index in [0.717, 1.165) is 16.2 Å². The molecule has 0 aliphatic rings. The standard InChI is InChI=1S/C12H10BrF3N2/c1-7-3-4-8(5-9(7)13)11-17-10(6-18(11)2)12(14,15)16/h3-6H,1-2H3. The number of halogens is 4. The second-order valence-electron chi connectivity index (χ2n) is 4.02. The lowest BCUT2D eigenvalue weighted by Gasteiger charge is -2.04. The maximum absolute atomic E-state index is 12.6. The number of rotatable bonds is 1. The average molecular weight is 319 g/mol. The van der Waals surface area contributed by atoms with Crippen molar-refractivity contribution in [2.24, 2.45) is 7.05 Å². The van der Waals surface area contributed by atoms with Crippen LogP contribution in [-0.4, -0.2) is 9.55 Å². The number of imidazole rings is 1. The Balaban J connectivity index is 2.51. The predicted octanol–water partition coefficient (Wildman–Crippen LogP) is 4.18. The minimum Gasteiger partial charge on any atom is -0.333 e. The van der Waals surface area contributed by atoms with Crippen LogP contribution in [0.1, 0.15) is 11.3 Å². The maximum atomic E-state index is 12.6. The fraction of sp³-hybridized carbons (Fsp3) is 0.250. The zero-order chi connectivity index (χ0) is 13.5. The number of aromatic nitrogens is 2. The van der Waals surface area contributed by atoms with E-state index in [1.165, 1.54) is 4.57 Å². The monoisotopic (exact) mass is 318 g/mol. The topological polar surface area (TPSA) is 17.8 Å². The number of hydrogen-bond donors (Lipinski definition) is 0. The molecule has 0 saturated heterocycles. The van der Waals surface area contributed by atoms with Gasteiger partial charge in [-0.3, -0.25) is 0 Å². The van der Waals surface area contributed by atoms with Gasteiger partial charge >= 0.3 is 6.18 Å². The van der Waals surface area contributed by atoms with Gasteiger partial charge in [-0.1, -0.05) is 28.1 Å². The summed E-state index contributed by atoms with van der Waals surface area (Å²) in [4.78, 5) is 3.64. The Bertz CT molecular complexity index is 587. The first-order valence-corrected chi connectivity index (χ1v) is 5.95. The first-order valence-electron chi connectivity index (χ1n) is 5.16.